The Balaban J connectivity index is 2.97. The first-order chi connectivity index (χ1) is 17.3. The van der Waals surface area contributed by atoms with E-state index in [0.717, 1.165) is 5.56 Å². The smallest absolute Gasteiger partial charge is 0.408 e. The summed E-state index contributed by atoms with van der Waals surface area (Å²) < 4.78 is 31.1. The van der Waals surface area contributed by atoms with Gasteiger partial charge in [0.1, 0.15) is 18.7 Å². The van der Waals surface area contributed by atoms with Crippen LogP contribution in [0.25, 0.3) is 0 Å². The van der Waals surface area contributed by atoms with Gasteiger partial charge in [0.15, 0.2) is 6.10 Å². The van der Waals surface area contributed by atoms with Gasteiger partial charge in [-0.25, -0.2) is 18.4 Å². The molecule has 0 bridgehead atoms. The maximum absolute atomic E-state index is 13.1. The number of aliphatic hydroxyl groups is 1. The van der Waals surface area contributed by atoms with Gasteiger partial charge >= 0.3 is 12.1 Å². The largest absolute Gasteiger partial charge is 0.479 e. The molecular weight excluding hydrogens is 492 g/mol. The SMILES string of the molecule is CCC(C)[C@H](NC(=O)OCc1ccccc1)C(=O)N[C@@H](CC(C)C)C(=O)N[C@@H](CC(F)F)C(O)C(=O)O. The van der Waals surface area contributed by atoms with Crippen LogP contribution in [-0.4, -0.2) is 64.7 Å². The highest BCUT2D eigenvalue weighted by molar-refractivity contribution is 5.91. The van der Waals surface area contributed by atoms with E-state index in [4.69, 9.17) is 9.84 Å². The number of amides is 3. The molecule has 0 spiro atoms. The van der Waals surface area contributed by atoms with Gasteiger partial charge in [-0.3, -0.25) is 9.59 Å². The van der Waals surface area contributed by atoms with Crippen LogP contribution in [0.5, 0.6) is 0 Å². The minimum Gasteiger partial charge on any atom is -0.479 e. The van der Waals surface area contributed by atoms with E-state index >= 15 is 0 Å². The van der Waals surface area contributed by atoms with Gasteiger partial charge in [-0.05, 0) is 23.8 Å². The summed E-state index contributed by atoms with van der Waals surface area (Å²) in [5.41, 5.74) is 0.748. The van der Waals surface area contributed by atoms with Gasteiger partial charge in [0.05, 0.1) is 6.04 Å². The molecule has 0 aliphatic rings. The van der Waals surface area contributed by atoms with E-state index in [0.29, 0.717) is 6.42 Å². The maximum Gasteiger partial charge on any atom is 0.408 e. The van der Waals surface area contributed by atoms with Gasteiger partial charge in [-0.15, -0.1) is 0 Å². The highest BCUT2D eigenvalue weighted by Crippen LogP contribution is 2.13. The molecule has 0 aromatic heterocycles. The third kappa shape index (κ3) is 11.5. The van der Waals surface area contributed by atoms with Gasteiger partial charge in [-0.2, -0.15) is 0 Å². The lowest BCUT2D eigenvalue weighted by Crippen LogP contribution is -2.58. The summed E-state index contributed by atoms with van der Waals surface area (Å²) in [6.45, 7) is 7.04. The second-order valence-corrected chi connectivity index (χ2v) is 9.28. The zero-order chi connectivity index (χ0) is 28.1. The molecule has 0 aliphatic heterocycles. The predicted molar refractivity (Wildman–Crippen MR) is 131 cm³/mol. The number of carboxylic acids is 1. The lowest BCUT2D eigenvalue weighted by Gasteiger charge is -2.28. The van der Waals surface area contributed by atoms with Crippen LogP contribution in [0.4, 0.5) is 13.6 Å². The number of hydrogen-bond donors (Lipinski definition) is 5. The fourth-order valence-corrected chi connectivity index (χ4v) is 3.47. The molecule has 208 valence electrons. The molecule has 0 saturated heterocycles. The van der Waals surface area contributed by atoms with Gasteiger partial charge in [0.2, 0.25) is 18.2 Å². The summed E-state index contributed by atoms with van der Waals surface area (Å²) in [5, 5.41) is 25.9. The number of rotatable bonds is 15. The molecule has 0 radical (unpaired) electrons. The van der Waals surface area contributed by atoms with E-state index in [1.807, 2.05) is 13.0 Å². The Labute approximate surface area is 215 Å². The fraction of sp³-hybridized carbons (Fsp3) is 0.600. The standard InChI is InChI=1S/C25H37F2N3O7/c1-5-15(4)20(30-25(36)37-13-16-9-7-6-8-10-16)23(33)29-18(11-14(2)3)22(32)28-17(12-19(26)27)21(31)24(34)35/h6-10,14-15,17-21,31H,5,11-13H2,1-4H3,(H,28,32)(H,29,33)(H,30,36)(H,34,35)/t15?,17-,18-,20-,21?/m0/s1. The number of aliphatic hydroxyl groups excluding tert-OH is 1. The van der Waals surface area contributed by atoms with Gasteiger partial charge in [0, 0.05) is 6.42 Å². The van der Waals surface area contributed by atoms with Crippen molar-refractivity contribution in [2.45, 2.75) is 84.2 Å². The van der Waals surface area contributed by atoms with Crippen molar-refractivity contribution in [1.29, 1.82) is 0 Å². The lowest BCUT2D eigenvalue weighted by molar-refractivity contribution is -0.149. The molecular formula is C25H37F2N3O7. The van der Waals surface area contributed by atoms with E-state index in [1.165, 1.54) is 0 Å². The minimum atomic E-state index is -2.99. The lowest BCUT2D eigenvalue weighted by atomic mass is 9.96. The molecule has 10 nitrogen and oxygen atoms in total. The van der Waals surface area contributed by atoms with E-state index < -0.39 is 61.0 Å². The number of benzene rings is 1. The second kappa shape index (κ2) is 15.7. The Morgan fingerprint density at radius 1 is 0.946 bits per heavy atom. The summed E-state index contributed by atoms with van der Waals surface area (Å²) in [6.07, 6.45) is -6.59. The molecule has 1 aromatic carbocycles. The Morgan fingerprint density at radius 3 is 2.08 bits per heavy atom. The first-order valence-electron chi connectivity index (χ1n) is 12.1. The van der Waals surface area contributed by atoms with Crippen molar-refractivity contribution >= 4 is 23.9 Å². The van der Waals surface area contributed by atoms with Crippen LogP contribution in [0, 0.1) is 11.8 Å². The van der Waals surface area contributed by atoms with E-state index in [9.17, 15) is 33.1 Å². The normalized spacial score (nSPS) is 15.3. The molecule has 37 heavy (non-hydrogen) atoms. The summed E-state index contributed by atoms with van der Waals surface area (Å²) in [6, 6.07) is 4.84. The molecule has 12 heteroatoms. The van der Waals surface area contributed by atoms with Crippen molar-refractivity contribution in [2.75, 3.05) is 0 Å². The highest BCUT2D eigenvalue weighted by atomic mass is 19.3. The van der Waals surface area contributed by atoms with Crippen molar-refractivity contribution < 1.29 is 42.9 Å². The highest BCUT2D eigenvalue weighted by Gasteiger charge is 2.34. The van der Waals surface area contributed by atoms with Crippen LogP contribution < -0.4 is 16.0 Å². The summed E-state index contributed by atoms with van der Waals surface area (Å²) in [5.74, 6) is -3.88. The molecule has 0 heterocycles. The fourth-order valence-electron chi connectivity index (χ4n) is 3.47. The van der Waals surface area contributed by atoms with Crippen LogP contribution in [0.3, 0.4) is 0 Å². The Hall–Kier alpha value is -3.28. The molecule has 0 aliphatic carbocycles. The van der Waals surface area contributed by atoms with Gasteiger partial charge < -0.3 is 30.9 Å². The van der Waals surface area contributed by atoms with Crippen molar-refractivity contribution in [2.24, 2.45) is 11.8 Å². The van der Waals surface area contributed by atoms with E-state index in [1.54, 1.807) is 45.0 Å². The van der Waals surface area contributed by atoms with Crippen LogP contribution in [0.2, 0.25) is 0 Å². The van der Waals surface area contributed by atoms with Crippen molar-refractivity contribution in [3.05, 3.63) is 35.9 Å². The Morgan fingerprint density at radius 2 is 1.57 bits per heavy atom. The number of ether oxygens (including phenoxy) is 1. The number of carboxylic acid groups (broad SMARTS) is 1. The number of aliphatic carboxylic acids is 1. The maximum atomic E-state index is 13.1. The second-order valence-electron chi connectivity index (χ2n) is 9.28. The molecule has 0 saturated carbocycles. The molecule has 1 aromatic rings. The predicted octanol–water partition coefficient (Wildman–Crippen LogP) is 2.44. The van der Waals surface area contributed by atoms with Crippen molar-refractivity contribution in [3.63, 3.8) is 0 Å². The Bertz CT molecular complexity index is 886. The topological polar surface area (TPSA) is 154 Å². The number of hydrogen-bond acceptors (Lipinski definition) is 6. The van der Waals surface area contributed by atoms with Crippen LogP contribution >= 0.6 is 0 Å². The van der Waals surface area contributed by atoms with E-state index in [-0.39, 0.29) is 24.9 Å². The molecule has 3 amide bonds. The molecule has 0 fully saturated rings. The average Bonchev–Trinajstić information content (AvgIpc) is 2.84. The number of carbonyl (C=O) groups excluding carboxylic acids is 3. The average molecular weight is 530 g/mol. The monoisotopic (exact) mass is 529 g/mol. The van der Waals surface area contributed by atoms with Crippen LogP contribution in [-0.2, 0) is 25.7 Å². The molecule has 5 N–H and O–H groups in total. The number of nitrogens with one attached hydrogen (secondary N) is 3. The third-order valence-corrected chi connectivity index (χ3v) is 5.72. The molecule has 1 rings (SSSR count). The first-order valence-corrected chi connectivity index (χ1v) is 12.1. The van der Waals surface area contributed by atoms with Gasteiger partial charge in [-0.1, -0.05) is 64.4 Å². The van der Waals surface area contributed by atoms with Crippen LogP contribution in [0.1, 0.15) is 52.5 Å². The quantitative estimate of drug-likeness (QED) is 0.234. The number of alkyl halides is 2. The third-order valence-electron chi connectivity index (χ3n) is 5.72. The van der Waals surface area contributed by atoms with Crippen LogP contribution in [0.15, 0.2) is 30.3 Å². The van der Waals surface area contributed by atoms with Crippen molar-refractivity contribution in [1.82, 2.24) is 16.0 Å². The number of halogens is 2. The Kier molecular flexibility index (Phi) is 13.5. The van der Waals surface area contributed by atoms with Gasteiger partial charge in [0.25, 0.3) is 0 Å². The minimum absolute atomic E-state index is 0.0165. The first kappa shape index (κ1) is 31.7. The summed E-state index contributed by atoms with van der Waals surface area (Å²) >= 11 is 0. The number of carbonyl (C=O) groups is 4. The summed E-state index contributed by atoms with van der Waals surface area (Å²) in [7, 11) is 0. The zero-order valence-electron chi connectivity index (χ0n) is 21.4. The summed E-state index contributed by atoms with van der Waals surface area (Å²) in [4.78, 5) is 49.5. The van der Waals surface area contributed by atoms with Crippen molar-refractivity contribution in [3.8, 4) is 0 Å². The zero-order valence-corrected chi connectivity index (χ0v) is 21.4. The van der Waals surface area contributed by atoms with E-state index in [2.05, 4.69) is 16.0 Å². The molecule has 2 unspecified atom stereocenters. The molecule has 5 atom stereocenters. The number of alkyl carbamates (subject to hydrolysis) is 1.